The topological polar surface area (TPSA) is 21.7 Å². The van der Waals surface area contributed by atoms with Gasteiger partial charge in [0.2, 0.25) is 0 Å². The average molecular weight is 267 g/mol. The highest BCUT2D eigenvalue weighted by Gasteiger charge is 2.47. The Kier molecular flexibility index (Phi) is 3.89. The summed E-state index contributed by atoms with van der Waals surface area (Å²) in [6, 6.07) is 0. The van der Waals surface area contributed by atoms with E-state index in [-0.39, 0.29) is 0 Å². The summed E-state index contributed by atoms with van der Waals surface area (Å²) in [5.41, 5.74) is 1.09. The van der Waals surface area contributed by atoms with Gasteiger partial charge in [0, 0.05) is 31.7 Å². The van der Waals surface area contributed by atoms with Crippen LogP contribution in [0.25, 0.3) is 0 Å². The molecule has 110 valence electrons. The molecule has 19 heavy (non-hydrogen) atoms. The first-order valence-electron chi connectivity index (χ1n) is 8.03. The van der Waals surface area contributed by atoms with Gasteiger partial charge >= 0.3 is 0 Å². The first kappa shape index (κ1) is 13.8. The van der Waals surface area contributed by atoms with Crippen LogP contribution in [0.1, 0.15) is 46.0 Å². The minimum atomic E-state index is 0.373. The fourth-order valence-corrected chi connectivity index (χ4v) is 3.72. The van der Waals surface area contributed by atoms with E-state index in [0.717, 1.165) is 19.8 Å². The zero-order valence-electron chi connectivity index (χ0n) is 12.6. The van der Waals surface area contributed by atoms with Crippen molar-refractivity contribution in [3.8, 4) is 0 Å². The number of likely N-dealkylation sites (tertiary alicyclic amines) is 1. The van der Waals surface area contributed by atoms with Crippen LogP contribution in [-0.2, 0) is 9.47 Å². The summed E-state index contributed by atoms with van der Waals surface area (Å²) < 4.78 is 11.4. The van der Waals surface area contributed by atoms with Crippen LogP contribution in [0.4, 0.5) is 0 Å². The molecular formula is C16H29NO2. The van der Waals surface area contributed by atoms with E-state index >= 15 is 0 Å². The maximum Gasteiger partial charge on any atom is 0.0538 e. The minimum absolute atomic E-state index is 0.373. The predicted octanol–water partition coefficient (Wildman–Crippen LogP) is 2.69. The van der Waals surface area contributed by atoms with E-state index in [4.69, 9.17) is 9.47 Å². The monoisotopic (exact) mass is 267 g/mol. The fourth-order valence-electron chi connectivity index (χ4n) is 3.72. The number of hydrogen-bond acceptors (Lipinski definition) is 3. The Balaban J connectivity index is 1.49. The molecule has 3 fully saturated rings. The van der Waals surface area contributed by atoms with Crippen molar-refractivity contribution in [3.63, 3.8) is 0 Å². The molecule has 2 heterocycles. The highest BCUT2D eigenvalue weighted by molar-refractivity contribution is 4.99. The van der Waals surface area contributed by atoms with Gasteiger partial charge in [-0.05, 0) is 57.9 Å². The van der Waals surface area contributed by atoms with Gasteiger partial charge in [-0.15, -0.1) is 0 Å². The van der Waals surface area contributed by atoms with Crippen LogP contribution in [0.2, 0.25) is 0 Å². The summed E-state index contributed by atoms with van der Waals surface area (Å²) in [6.07, 6.45) is 7.05. The molecule has 0 N–H and O–H groups in total. The van der Waals surface area contributed by atoms with Gasteiger partial charge in [-0.25, -0.2) is 0 Å². The van der Waals surface area contributed by atoms with Crippen molar-refractivity contribution in [1.82, 2.24) is 4.90 Å². The number of nitrogens with zero attached hydrogens (tertiary/aromatic N) is 1. The molecule has 3 rings (SSSR count). The SMILES string of the molecule is CC(C)OCC1(CN2CCC3(CCOCC3)C2)CC1. The molecule has 2 saturated heterocycles. The molecule has 0 atom stereocenters. The Bertz CT molecular complexity index is 306. The van der Waals surface area contributed by atoms with E-state index in [1.54, 1.807) is 0 Å². The van der Waals surface area contributed by atoms with Gasteiger partial charge in [-0.3, -0.25) is 0 Å². The highest BCUT2D eigenvalue weighted by Crippen LogP contribution is 2.49. The van der Waals surface area contributed by atoms with Crippen molar-refractivity contribution >= 4 is 0 Å². The molecule has 2 aliphatic heterocycles. The smallest absolute Gasteiger partial charge is 0.0538 e. The first-order valence-corrected chi connectivity index (χ1v) is 8.03. The van der Waals surface area contributed by atoms with Crippen LogP contribution in [0.3, 0.4) is 0 Å². The molecule has 1 saturated carbocycles. The second-order valence-corrected chi connectivity index (χ2v) is 7.43. The third-order valence-corrected chi connectivity index (χ3v) is 5.31. The summed E-state index contributed by atoms with van der Waals surface area (Å²) in [5, 5.41) is 0. The van der Waals surface area contributed by atoms with Crippen LogP contribution >= 0.6 is 0 Å². The molecular weight excluding hydrogens is 238 g/mol. The average Bonchev–Trinajstić information content (AvgIpc) is 3.06. The molecule has 0 amide bonds. The predicted molar refractivity (Wildman–Crippen MR) is 76.3 cm³/mol. The van der Waals surface area contributed by atoms with Crippen molar-refractivity contribution in [2.75, 3.05) is 39.5 Å². The van der Waals surface area contributed by atoms with Crippen molar-refractivity contribution in [1.29, 1.82) is 0 Å². The Labute approximate surface area is 117 Å². The number of ether oxygens (including phenoxy) is 2. The van der Waals surface area contributed by atoms with Crippen LogP contribution in [-0.4, -0.2) is 50.5 Å². The molecule has 0 unspecified atom stereocenters. The Hall–Kier alpha value is -0.120. The minimum Gasteiger partial charge on any atom is -0.381 e. The Morgan fingerprint density at radius 2 is 1.84 bits per heavy atom. The fraction of sp³-hybridized carbons (Fsp3) is 1.00. The Morgan fingerprint density at radius 1 is 1.11 bits per heavy atom. The van der Waals surface area contributed by atoms with E-state index in [2.05, 4.69) is 18.7 Å². The normalized spacial score (nSPS) is 29.2. The summed E-state index contributed by atoms with van der Waals surface area (Å²) in [5.74, 6) is 0. The molecule has 0 aromatic rings. The van der Waals surface area contributed by atoms with E-state index in [1.807, 2.05) is 0 Å². The van der Waals surface area contributed by atoms with E-state index in [9.17, 15) is 0 Å². The maximum atomic E-state index is 5.87. The van der Waals surface area contributed by atoms with Crippen molar-refractivity contribution in [2.45, 2.75) is 52.1 Å². The second-order valence-electron chi connectivity index (χ2n) is 7.43. The zero-order chi connectivity index (χ0) is 13.3. The van der Waals surface area contributed by atoms with Gasteiger partial charge in [0.15, 0.2) is 0 Å². The van der Waals surface area contributed by atoms with Crippen LogP contribution in [0.15, 0.2) is 0 Å². The van der Waals surface area contributed by atoms with Crippen LogP contribution < -0.4 is 0 Å². The molecule has 1 spiro atoms. The third kappa shape index (κ3) is 3.32. The van der Waals surface area contributed by atoms with E-state index in [1.165, 1.54) is 51.7 Å². The molecule has 0 bridgehead atoms. The lowest BCUT2D eigenvalue weighted by atomic mass is 9.80. The summed E-state index contributed by atoms with van der Waals surface area (Å²) >= 11 is 0. The van der Waals surface area contributed by atoms with Gasteiger partial charge in [-0.1, -0.05) is 0 Å². The zero-order valence-corrected chi connectivity index (χ0v) is 12.6. The van der Waals surface area contributed by atoms with Gasteiger partial charge in [0.25, 0.3) is 0 Å². The molecule has 0 radical (unpaired) electrons. The van der Waals surface area contributed by atoms with Crippen LogP contribution in [0, 0.1) is 10.8 Å². The summed E-state index contributed by atoms with van der Waals surface area (Å²) in [6.45, 7) is 11.1. The summed E-state index contributed by atoms with van der Waals surface area (Å²) in [4.78, 5) is 2.71. The van der Waals surface area contributed by atoms with Gasteiger partial charge < -0.3 is 14.4 Å². The third-order valence-electron chi connectivity index (χ3n) is 5.31. The van der Waals surface area contributed by atoms with Crippen molar-refractivity contribution in [2.24, 2.45) is 10.8 Å². The molecule has 0 aromatic heterocycles. The van der Waals surface area contributed by atoms with Gasteiger partial charge in [0.1, 0.15) is 0 Å². The highest BCUT2D eigenvalue weighted by atomic mass is 16.5. The van der Waals surface area contributed by atoms with E-state index in [0.29, 0.717) is 16.9 Å². The first-order chi connectivity index (χ1) is 9.12. The van der Waals surface area contributed by atoms with E-state index < -0.39 is 0 Å². The lowest BCUT2D eigenvalue weighted by Gasteiger charge is -2.34. The molecule has 0 aromatic carbocycles. The second kappa shape index (κ2) is 5.34. The number of rotatable bonds is 5. The summed E-state index contributed by atoms with van der Waals surface area (Å²) in [7, 11) is 0. The van der Waals surface area contributed by atoms with Gasteiger partial charge in [-0.2, -0.15) is 0 Å². The molecule has 3 nitrogen and oxygen atoms in total. The number of hydrogen-bond donors (Lipinski definition) is 0. The standard InChI is InChI=1S/C16H29NO2/c1-14(2)19-13-16(3-4-16)12-17-8-5-15(11-17)6-9-18-10-7-15/h14H,3-13H2,1-2H3. The quantitative estimate of drug-likeness (QED) is 0.764. The lowest BCUT2D eigenvalue weighted by molar-refractivity contribution is 0.0125. The maximum absolute atomic E-state index is 5.87. The Morgan fingerprint density at radius 3 is 2.47 bits per heavy atom. The van der Waals surface area contributed by atoms with Gasteiger partial charge in [0.05, 0.1) is 12.7 Å². The van der Waals surface area contributed by atoms with Crippen molar-refractivity contribution < 1.29 is 9.47 Å². The molecule has 1 aliphatic carbocycles. The van der Waals surface area contributed by atoms with Crippen LogP contribution in [0.5, 0.6) is 0 Å². The van der Waals surface area contributed by atoms with Crippen molar-refractivity contribution in [3.05, 3.63) is 0 Å². The molecule has 3 aliphatic rings. The molecule has 3 heteroatoms. The largest absolute Gasteiger partial charge is 0.381 e. The lowest BCUT2D eigenvalue weighted by Crippen LogP contribution is -2.36.